The average molecular weight is 570 g/mol. The molecule has 0 saturated heterocycles. The minimum absolute atomic E-state index is 0.0861. The Kier molecular flexibility index (Phi) is 10.9. The molecular weight excluding hydrogens is 534 g/mol. The van der Waals surface area contributed by atoms with Crippen LogP contribution in [0.4, 0.5) is 5.69 Å². The van der Waals surface area contributed by atoms with E-state index in [1.165, 1.54) is 4.90 Å². The summed E-state index contributed by atoms with van der Waals surface area (Å²) in [5.74, 6) is -0.790. The number of anilines is 1. The van der Waals surface area contributed by atoms with Gasteiger partial charge in [-0.2, -0.15) is 0 Å². The quantitative estimate of drug-likeness (QED) is 0.319. The van der Waals surface area contributed by atoms with Gasteiger partial charge in [-0.15, -0.1) is 0 Å². The number of benzene rings is 3. The van der Waals surface area contributed by atoms with E-state index >= 15 is 0 Å². The van der Waals surface area contributed by atoms with Crippen LogP contribution in [0.2, 0.25) is 5.02 Å². The number of halogens is 1. The molecule has 2 amide bonds. The van der Waals surface area contributed by atoms with Gasteiger partial charge in [-0.25, -0.2) is 8.42 Å². The molecule has 1 atom stereocenters. The Bertz CT molecular complexity index is 1350. The summed E-state index contributed by atoms with van der Waals surface area (Å²) >= 11 is 6.23. The van der Waals surface area contributed by atoms with E-state index < -0.39 is 28.5 Å². The highest BCUT2D eigenvalue weighted by Gasteiger charge is 2.33. The van der Waals surface area contributed by atoms with Crippen LogP contribution in [0.5, 0.6) is 0 Å². The third kappa shape index (κ3) is 8.83. The van der Waals surface area contributed by atoms with E-state index in [0.717, 1.165) is 40.1 Å². The summed E-state index contributed by atoms with van der Waals surface area (Å²) in [6.07, 6.45) is 2.89. The van der Waals surface area contributed by atoms with E-state index in [1.54, 1.807) is 30.3 Å². The van der Waals surface area contributed by atoms with Crippen molar-refractivity contribution in [2.45, 2.75) is 45.7 Å². The number of hydrogen-bond donors (Lipinski definition) is 1. The average Bonchev–Trinajstić information content (AvgIpc) is 2.92. The number of hydrogen-bond acceptors (Lipinski definition) is 4. The largest absolute Gasteiger partial charge is 0.354 e. The van der Waals surface area contributed by atoms with Gasteiger partial charge in [-0.1, -0.05) is 80.0 Å². The maximum absolute atomic E-state index is 14.0. The monoisotopic (exact) mass is 569 g/mol. The first-order valence-corrected chi connectivity index (χ1v) is 15.3. The summed E-state index contributed by atoms with van der Waals surface area (Å²) < 4.78 is 26.8. The zero-order valence-electron chi connectivity index (χ0n) is 22.6. The summed E-state index contributed by atoms with van der Waals surface area (Å²) in [6, 6.07) is 22.8. The van der Waals surface area contributed by atoms with Crippen molar-refractivity contribution in [3.8, 4) is 0 Å². The van der Waals surface area contributed by atoms with Crippen molar-refractivity contribution in [3.63, 3.8) is 0 Å². The number of rotatable bonds is 13. The predicted molar refractivity (Wildman–Crippen MR) is 157 cm³/mol. The van der Waals surface area contributed by atoms with Crippen molar-refractivity contribution in [1.29, 1.82) is 0 Å². The minimum atomic E-state index is -3.80. The van der Waals surface area contributed by atoms with Crippen molar-refractivity contribution in [3.05, 3.63) is 101 Å². The lowest BCUT2D eigenvalue weighted by Gasteiger charge is -2.33. The van der Waals surface area contributed by atoms with E-state index in [-0.39, 0.29) is 18.9 Å². The number of nitrogens with zero attached hydrogens (tertiary/aromatic N) is 2. The van der Waals surface area contributed by atoms with E-state index in [2.05, 4.69) is 5.32 Å². The van der Waals surface area contributed by atoms with Gasteiger partial charge >= 0.3 is 0 Å². The van der Waals surface area contributed by atoms with Gasteiger partial charge in [0.2, 0.25) is 21.8 Å². The highest BCUT2D eigenvalue weighted by Crippen LogP contribution is 2.22. The number of amides is 2. The van der Waals surface area contributed by atoms with Crippen molar-refractivity contribution < 1.29 is 18.0 Å². The number of sulfonamides is 1. The van der Waals surface area contributed by atoms with Crippen LogP contribution >= 0.6 is 11.6 Å². The Hall–Kier alpha value is -3.36. The molecule has 0 saturated carbocycles. The van der Waals surface area contributed by atoms with Gasteiger partial charge in [0.05, 0.1) is 11.9 Å². The first-order chi connectivity index (χ1) is 18.6. The molecule has 0 spiro atoms. The van der Waals surface area contributed by atoms with Crippen LogP contribution in [-0.2, 0) is 39.0 Å². The Morgan fingerprint density at radius 3 is 2.15 bits per heavy atom. The number of carbonyl (C=O) groups excluding carboxylic acids is 2. The fraction of sp³-hybridized carbons (Fsp3) is 0.333. The van der Waals surface area contributed by atoms with E-state index in [4.69, 9.17) is 11.6 Å². The zero-order chi connectivity index (χ0) is 28.4. The van der Waals surface area contributed by atoms with Gasteiger partial charge in [0.1, 0.15) is 12.6 Å². The SMILES string of the molecule is CCCNC(=O)C(Cc1ccccc1)N(Cc1cccc(Cl)c1)C(=O)CN(c1ccc(CC)cc1)S(C)(=O)=O. The second kappa shape index (κ2) is 14.1. The Morgan fingerprint density at radius 1 is 0.897 bits per heavy atom. The lowest BCUT2D eigenvalue weighted by atomic mass is 10.0. The van der Waals surface area contributed by atoms with Crippen molar-refractivity contribution in [2.75, 3.05) is 23.7 Å². The molecule has 0 aliphatic carbocycles. The third-order valence-electron chi connectivity index (χ3n) is 6.37. The van der Waals surface area contributed by atoms with Crippen LogP contribution < -0.4 is 9.62 Å². The van der Waals surface area contributed by atoms with Crippen LogP contribution in [0.1, 0.15) is 37.0 Å². The summed E-state index contributed by atoms with van der Waals surface area (Å²) in [4.78, 5) is 28.9. The lowest BCUT2D eigenvalue weighted by Crippen LogP contribution is -2.53. The van der Waals surface area contributed by atoms with Crippen molar-refractivity contribution >= 4 is 39.1 Å². The van der Waals surface area contributed by atoms with Gasteiger partial charge in [0.15, 0.2) is 0 Å². The second-order valence-electron chi connectivity index (χ2n) is 9.44. The third-order valence-corrected chi connectivity index (χ3v) is 7.75. The molecule has 0 fully saturated rings. The number of carbonyl (C=O) groups is 2. The zero-order valence-corrected chi connectivity index (χ0v) is 24.2. The molecule has 1 N–H and O–H groups in total. The standard InChI is InChI=1S/C30H36ClN3O4S/c1-4-18-32-30(36)28(20-24-10-7-6-8-11-24)33(21-25-12-9-13-26(31)19-25)29(35)22-34(39(3,37)38)27-16-14-23(5-2)15-17-27/h6-17,19,28H,4-5,18,20-22H2,1-3H3,(H,32,36). The predicted octanol–water partition coefficient (Wildman–Crippen LogP) is 4.83. The molecule has 208 valence electrons. The smallest absolute Gasteiger partial charge is 0.244 e. The number of aryl methyl sites for hydroxylation is 1. The van der Waals surface area contributed by atoms with Gasteiger partial charge in [0.25, 0.3) is 0 Å². The molecule has 0 aliphatic rings. The molecule has 0 aromatic heterocycles. The van der Waals surface area contributed by atoms with Crippen LogP contribution in [0.15, 0.2) is 78.9 Å². The van der Waals surface area contributed by atoms with E-state index in [9.17, 15) is 18.0 Å². The fourth-order valence-electron chi connectivity index (χ4n) is 4.26. The summed E-state index contributed by atoms with van der Waals surface area (Å²) in [5, 5.41) is 3.43. The first-order valence-electron chi connectivity index (χ1n) is 13.0. The summed E-state index contributed by atoms with van der Waals surface area (Å²) in [6.45, 7) is 4.06. The molecule has 0 bridgehead atoms. The molecule has 3 aromatic rings. The van der Waals surface area contributed by atoms with Crippen LogP contribution in [0.3, 0.4) is 0 Å². The second-order valence-corrected chi connectivity index (χ2v) is 11.8. The summed E-state index contributed by atoms with van der Waals surface area (Å²) in [7, 11) is -3.80. The molecule has 0 heterocycles. The summed E-state index contributed by atoms with van der Waals surface area (Å²) in [5.41, 5.74) is 3.06. The van der Waals surface area contributed by atoms with Crippen LogP contribution in [-0.4, -0.2) is 50.5 Å². The van der Waals surface area contributed by atoms with Crippen LogP contribution in [0.25, 0.3) is 0 Å². The molecule has 3 aromatic carbocycles. The number of nitrogens with one attached hydrogen (secondary N) is 1. The molecular formula is C30H36ClN3O4S. The van der Waals surface area contributed by atoms with Gasteiger partial charge < -0.3 is 10.2 Å². The van der Waals surface area contributed by atoms with Crippen molar-refractivity contribution in [1.82, 2.24) is 10.2 Å². The molecule has 7 nitrogen and oxygen atoms in total. The van der Waals surface area contributed by atoms with Gasteiger partial charge in [0, 0.05) is 24.5 Å². The van der Waals surface area contributed by atoms with Crippen LogP contribution in [0, 0.1) is 0 Å². The van der Waals surface area contributed by atoms with E-state index in [1.807, 2.05) is 62.4 Å². The lowest BCUT2D eigenvalue weighted by molar-refractivity contribution is -0.140. The minimum Gasteiger partial charge on any atom is -0.354 e. The topological polar surface area (TPSA) is 86.8 Å². The first kappa shape index (κ1) is 30.2. The molecule has 0 radical (unpaired) electrons. The Labute approximate surface area is 236 Å². The Balaban J connectivity index is 2.03. The highest BCUT2D eigenvalue weighted by molar-refractivity contribution is 7.92. The molecule has 3 rings (SSSR count). The maximum atomic E-state index is 14.0. The molecule has 1 unspecified atom stereocenters. The maximum Gasteiger partial charge on any atom is 0.244 e. The van der Waals surface area contributed by atoms with E-state index in [0.29, 0.717) is 17.3 Å². The van der Waals surface area contributed by atoms with Gasteiger partial charge in [-0.05, 0) is 53.8 Å². The molecule has 0 aliphatic heterocycles. The normalized spacial score (nSPS) is 12.0. The molecule has 9 heteroatoms. The fourth-order valence-corrected chi connectivity index (χ4v) is 5.33. The van der Waals surface area contributed by atoms with Crippen molar-refractivity contribution in [2.24, 2.45) is 0 Å². The molecule has 39 heavy (non-hydrogen) atoms. The Morgan fingerprint density at radius 2 is 1.56 bits per heavy atom. The van der Waals surface area contributed by atoms with Gasteiger partial charge in [-0.3, -0.25) is 13.9 Å². The highest BCUT2D eigenvalue weighted by atomic mass is 35.5.